The van der Waals surface area contributed by atoms with E-state index < -0.39 is 11.9 Å². The first-order valence-electron chi connectivity index (χ1n) is 6.26. The fraction of sp³-hybridized carbons (Fsp3) is 0.833. The molecule has 1 saturated heterocycles. The fourth-order valence-electron chi connectivity index (χ4n) is 2.54. The van der Waals surface area contributed by atoms with Gasteiger partial charge in [-0.1, -0.05) is 0 Å². The van der Waals surface area contributed by atoms with Gasteiger partial charge in [0, 0.05) is 18.9 Å². The van der Waals surface area contributed by atoms with Crippen molar-refractivity contribution in [1.29, 1.82) is 0 Å². The van der Waals surface area contributed by atoms with E-state index in [4.69, 9.17) is 29.3 Å². The summed E-state index contributed by atoms with van der Waals surface area (Å²) in [6.45, 7) is 2.65. The van der Waals surface area contributed by atoms with Crippen molar-refractivity contribution >= 4 is 11.9 Å². The van der Waals surface area contributed by atoms with Crippen molar-refractivity contribution in [3.05, 3.63) is 0 Å². The molecule has 19 heavy (non-hydrogen) atoms. The molecule has 1 unspecified atom stereocenters. The zero-order chi connectivity index (χ0) is 14.5. The molecule has 2 N–H and O–H groups in total. The van der Waals surface area contributed by atoms with E-state index in [9.17, 15) is 0 Å². The smallest absolute Gasteiger partial charge is 0.414 e. The summed E-state index contributed by atoms with van der Waals surface area (Å²) in [5.41, 5.74) is 0. The van der Waals surface area contributed by atoms with Crippen LogP contribution < -0.4 is 0 Å². The molecule has 1 aliphatic heterocycles. The van der Waals surface area contributed by atoms with Gasteiger partial charge in [-0.15, -0.1) is 0 Å². The molecule has 1 saturated carbocycles. The molecule has 1 spiro atoms. The molecular formula is C12H21NO6. The average molecular weight is 275 g/mol. The molecule has 0 aromatic rings. The van der Waals surface area contributed by atoms with E-state index >= 15 is 0 Å². The minimum Gasteiger partial charge on any atom is -0.473 e. The van der Waals surface area contributed by atoms with Gasteiger partial charge in [0.2, 0.25) is 0 Å². The average Bonchev–Trinajstić information content (AvgIpc) is 2.91. The van der Waals surface area contributed by atoms with Gasteiger partial charge in [-0.2, -0.15) is 0 Å². The summed E-state index contributed by atoms with van der Waals surface area (Å²) in [5, 5.41) is 14.8. The molecule has 1 heterocycles. The van der Waals surface area contributed by atoms with Crippen LogP contribution in [0.5, 0.6) is 0 Å². The van der Waals surface area contributed by atoms with Gasteiger partial charge in [-0.3, -0.25) is 0 Å². The van der Waals surface area contributed by atoms with E-state index in [2.05, 4.69) is 19.0 Å². The lowest BCUT2D eigenvalue weighted by Crippen LogP contribution is -2.39. The van der Waals surface area contributed by atoms with Crippen molar-refractivity contribution in [2.45, 2.75) is 25.0 Å². The molecule has 0 bridgehead atoms. The van der Waals surface area contributed by atoms with Gasteiger partial charge in [0.05, 0.1) is 13.2 Å². The molecule has 1 atom stereocenters. The normalized spacial score (nSPS) is 24.3. The van der Waals surface area contributed by atoms with Crippen LogP contribution in [0.25, 0.3) is 0 Å². The topological polar surface area (TPSA) is 96.3 Å². The molecule has 2 fully saturated rings. The van der Waals surface area contributed by atoms with Crippen LogP contribution in [-0.2, 0) is 19.1 Å². The minimum absolute atomic E-state index is 0.204. The van der Waals surface area contributed by atoms with Crippen LogP contribution in [0.2, 0.25) is 0 Å². The molecule has 2 aliphatic rings. The molecule has 7 heteroatoms. The quantitative estimate of drug-likeness (QED) is 0.697. The van der Waals surface area contributed by atoms with Crippen LogP contribution in [0, 0.1) is 5.92 Å². The highest BCUT2D eigenvalue weighted by Crippen LogP contribution is 2.42. The second kappa shape index (κ2) is 6.83. The maximum Gasteiger partial charge on any atom is 0.414 e. The van der Waals surface area contributed by atoms with Crippen LogP contribution in [-0.4, -0.2) is 66.7 Å². The Hall–Kier alpha value is -1.18. The molecule has 0 amide bonds. The van der Waals surface area contributed by atoms with Gasteiger partial charge >= 0.3 is 11.9 Å². The molecule has 0 aromatic carbocycles. The van der Waals surface area contributed by atoms with E-state index in [1.807, 2.05) is 0 Å². The lowest BCUT2D eigenvalue weighted by molar-refractivity contribution is -0.183. The maximum absolute atomic E-state index is 9.10. The number of hydrogen-bond donors (Lipinski definition) is 2. The summed E-state index contributed by atoms with van der Waals surface area (Å²) in [5.74, 6) is -3.28. The van der Waals surface area contributed by atoms with Crippen molar-refractivity contribution in [3.63, 3.8) is 0 Å². The van der Waals surface area contributed by atoms with Gasteiger partial charge in [0.15, 0.2) is 5.79 Å². The highest BCUT2D eigenvalue weighted by Gasteiger charge is 2.47. The summed E-state index contributed by atoms with van der Waals surface area (Å²) in [7, 11) is 4.22. The van der Waals surface area contributed by atoms with Gasteiger partial charge in [0.25, 0.3) is 0 Å². The Morgan fingerprint density at radius 2 is 1.74 bits per heavy atom. The predicted octanol–water partition coefficient (Wildman–Crippen LogP) is 0.247. The molecule has 1 aliphatic carbocycles. The first-order valence-corrected chi connectivity index (χ1v) is 6.26. The van der Waals surface area contributed by atoms with E-state index in [1.165, 1.54) is 12.8 Å². The van der Waals surface area contributed by atoms with Gasteiger partial charge in [-0.25, -0.2) is 9.59 Å². The summed E-state index contributed by atoms with van der Waals surface area (Å²) in [6, 6.07) is 0. The first kappa shape index (κ1) is 15.9. The number of carboxylic acid groups (broad SMARTS) is 2. The third-order valence-corrected chi connectivity index (χ3v) is 3.24. The zero-order valence-corrected chi connectivity index (χ0v) is 11.3. The highest BCUT2D eigenvalue weighted by atomic mass is 16.7. The predicted molar refractivity (Wildman–Crippen MR) is 65.8 cm³/mol. The van der Waals surface area contributed by atoms with Crippen molar-refractivity contribution in [3.8, 4) is 0 Å². The Bertz CT molecular complexity index is 307. The van der Waals surface area contributed by atoms with Crippen LogP contribution in [0.4, 0.5) is 0 Å². The van der Waals surface area contributed by atoms with Crippen LogP contribution in [0.3, 0.4) is 0 Å². The number of carbonyl (C=O) groups is 2. The molecule has 110 valence electrons. The van der Waals surface area contributed by atoms with E-state index in [-0.39, 0.29) is 5.79 Å². The van der Waals surface area contributed by atoms with Crippen LogP contribution in [0.1, 0.15) is 19.3 Å². The summed E-state index contributed by atoms with van der Waals surface area (Å²) in [6.07, 6.45) is 3.59. The van der Waals surface area contributed by atoms with Crippen molar-refractivity contribution < 1.29 is 29.3 Å². The standard InChI is InChI=1S/C10H19NO2.C2H2O4/c1-11(2)8-9-4-3-5-10(9)12-6-7-13-10;3-1(4)2(5)6/h9H,3-8H2,1-2H3;(H,3,4)(H,5,6). The molecule has 0 aromatic heterocycles. The number of aliphatic carboxylic acids is 2. The van der Waals surface area contributed by atoms with Crippen molar-refractivity contribution in [1.82, 2.24) is 4.90 Å². The first-order chi connectivity index (χ1) is 8.87. The monoisotopic (exact) mass is 275 g/mol. The SMILES string of the molecule is CN(C)CC1CCCC12OCCO2.O=C(O)C(=O)O. The molecule has 2 rings (SSSR count). The Morgan fingerprint density at radius 1 is 1.21 bits per heavy atom. The zero-order valence-electron chi connectivity index (χ0n) is 11.3. The molecule has 0 radical (unpaired) electrons. The van der Waals surface area contributed by atoms with E-state index in [0.717, 1.165) is 26.2 Å². The fourth-order valence-corrected chi connectivity index (χ4v) is 2.54. The lowest BCUT2D eigenvalue weighted by Gasteiger charge is -2.31. The van der Waals surface area contributed by atoms with Crippen molar-refractivity contribution in [2.75, 3.05) is 33.9 Å². The van der Waals surface area contributed by atoms with E-state index in [1.54, 1.807) is 0 Å². The number of rotatable bonds is 2. The number of carboxylic acids is 2. The van der Waals surface area contributed by atoms with Gasteiger partial charge < -0.3 is 24.6 Å². The second-order valence-electron chi connectivity index (χ2n) is 4.97. The Kier molecular flexibility index (Phi) is 5.71. The van der Waals surface area contributed by atoms with Crippen molar-refractivity contribution in [2.24, 2.45) is 5.92 Å². The van der Waals surface area contributed by atoms with Crippen LogP contribution in [0.15, 0.2) is 0 Å². The molecule has 7 nitrogen and oxygen atoms in total. The third-order valence-electron chi connectivity index (χ3n) is 3.24. The Morgan fingerprint density at radius 3 is 2.16 bits per heavy atom. The molecular weight excluding hydrogens is 254 g/mol. The van der Waals surface area contributed by atoms with Gasteiger partial charge in [0.1, 0.15) is 0 Å². The maximum atomic E-state index is 9.10. The second-order valence-corrected chi connectivity index (χ2v) is 4.97. The summed E-state index contributed by atoms with van der Waals surface area (Å²) >= 11 is 0. The Balaban J connectivity index is 0.000000258. The van der Waals surface area contributed by atoms with Crippen LogP contribution >= 0.6 is 0 Å². The lowest BCUT2D eigenvalue weighted by atomic mass is 10.0. The minimum atomic E-state index is -1.82. The number of nitrogens with zero attached hydrogens (tertiary/aromatic N) is 1. The van der Waals surface area contributed by atoms with E-state index in [0.29, 0.717) is 5.92 Å². The summed E-state index contributed by atoms with van der Waals surface area (Å²) in [4.78, 5) is 20.4. The Labute approximate surface area is 112 Å². The number of ether oxygens (including phenoxy) is 2. The largest absolute Gasteiger partial charge is 0.473 e. The number of hydrogen-bond acceptors (Lipinski definition) is 5. The highest BCUT2D eigenvalue weighted by molar-refractivity contribution is 6.27. The summed E-state index contributed by atoms with van der Waals surface area (Å²) < 4.78 is 11.5. The third kappa shape index (κ3) is 4.45. The van der Waals surface area contributed by atoms with Gasteiger partial charge in [-0.05, 0) is 26.9 Å².